The number of nitro groups is 1. The van der Waals surface area contributed by atoms with Crippen LogP contribution in [0.2, 0.25) is 5.02 Å². The van der Waals surface area contributed by atoms with Crippen molar-refractivity contribution in [2.45, 2.75) is 43.4 Å². The van der Waals surface area contributed by atoms with Crippen molar-refractivity contribution in [2.24, 2.45) is 5.41 Å². The number of amides is 1. The average Bonchev–Trinajstić information content (AvgIpc) is 3.75. The number of allylic oxidation sites excluding steroid dienone is 1. The first-order chi connectivity index (χ1) is 30.1. The molecule has 3 fully saturated rings. The van der Waals surface area contributed by atoms with Crippen molar-refractivity contribution < 1.29 is 32.5 Å². The lowest BCUT2D eigenvalue weighted by Gasteiger charge is -2.47. The smallest absolute Gasteiger partial charge is 0.296 e. The fourth-order valence-electron chi connectivity index (χ4n) is 8.61. The molecule has 17 heteroatoms. The number of carbonyl (C=O) groups excluding carboxylic acids is 1. The van der Waals surface area contributed by atoms with E-state index in [1.165, 1.54) is 49.4 Å². The normalized spacial score (nSPS) is 18.1. The number of fused-ring (bicyclic) bond motifs is 1. The molecule has 2 aliphatic heterocycles. The van der Waals surface area contributed by atoms with E-state index in [4.69, 9.17) is 25.8 Å². The molecule has 4 aliphatic rings. The summed E-state index contributed by atoms with van der Waals surface area (Å²) in [5, 5.41) is 15.6. The maximum absolute atomic E-state index is 14.7. The molecule has 326 valence electrons. The third-order valence-corrected chi connectivity index (χ3v) is 13.4. The summed E-state index contributed by atoms with van der Waals surface area (Å²) in [7, 11) is -0.991. The molecule has 1 unspecified atom stereocenters. The number of carbonyl (C=O) groups is 1. The molecule has 9 rings (SSSR count). The molecule has 1 amide bonds. The number of hydrogen-bond acceptors (Lipinski definition) is 11. The zero-order valence-electron chi connectivity index (χ0n) is 34.4. The molecule has 5 aromatic rings. The third-order valence-electron chi connectivity index (χ3n) is 12.1. The Bertz CT molecular complexity index is 2470. The second kappa shape index (κ2) is 19.3. The minimum absolute atomic E-state index is 0.0694. The third kappa shape index (κ3) is 9.95. The molecule has 1 saturated carbocycles. The predicted octanol–water partition coefficient (Wildman–Crippen LogP) is 8.51. The predicted molar refractivity (Wildman–Crippen MR) is 238 cm³/mol. The van der Waals surface area contributed by atoms with E-state index in [1.807, 2.05) is 24.3 Å². The summed E-state index contributed by atoms with van der Waals surface area (Å²) in [5.74, 6) is -1.16. The number of nitrogens with zero attached hydrogens (tertiary/aromatic N) is 4. The van der Waals surface area contributed by atoms with Gasteiger partial charge in [-0.2, -0.15) is 0 Å². The average molecular weight is 886 g/mol. The summed E-state index contributed by atoms with van der Waals surface area (Å²) < 4.78 is 46.6. The highest BCUT2D eigenvalue weighted by Gasteiger charge is 2.41. The summed E-state index contributed by atoms with van der Waals surface area (Å²) in [6, 6.07) is 19.0. The number of rotatable bonds is 11. The molecule has 2 aromatic heterocycles. The molecule has 2 aliphatic carbocycles. The fraction of sp³-hybridized carbons (Fsp3) is 0.378. The second-order valence-electron chi connectivity index (χ2n) is 16.0. The van der Waals surface area contributed by atoms with Crippen LogP contribution in [0.4, 0.5) is 21.5 Å². The van der Waals surface area contributed by atoms with Crippen LogP contribution in [0.25, 0.3) is 16.6 Å². The van der Waals surface area contributed by atoms with Crippen LogP contribution >= 0.6 is 11.6 Å². The minimum Gasteiger partial charge on any atom is -0.455 e. The molecule has 1 atom stereocenters. The lowest BCUT2D eigenvalue weighted by atomic mass is 9.59. The Morgan fingerprint density at radius 3 is 2.42 bits per heavy atom. The number of benzene rings is 3. The summed E-state index contributed by atoms with van der Waals surface area (Å²) >= 11 is 6.26. The number of aromatic nitrogens is 2. The number of nitro benzene ring substituents is 1. The van der Waals surface area contributed by atoms with Crippen molar-refractivity contribution >= 4 is 62.2 Å². The quantitative estimate of drug-likeness (QED) is 0.0861. The number of pyridine rings is 1. The zero-order valence-corrected chi connectivity index (χ0v) is 36.0. The lowest BCUT2D eigenvalue weighted by molar-refractivity contribution is -0.384. The Hall–Kier alpha value is -5.39. The van der Waals surface area contributed by atoms with Gasteiger partial charge in [-0.25, -0.2) is 13.6 Å². The first kappa shape index (κ1) is 43.3. The molecule has 0 bridgehead atoms. The van der Waals surface area contributed by atoms with Gasteiger partial charge in [-0.1, -0.05) is 35.7 Å². The minimum atomic E-state index is -2.33. The van der Waals surface area contributed by atoms with Gasteiger partial charge < -0.3 is 29.4 Å². The monoisotopic (exact) mass is 885 g/mol. The van der Waals surface area contributed by atoms with Crippen LogP contribution < -0.4 is 19.7 Å². The van der Waals surface area contributed by atoms with Gasteiger partial charge in [0.25, 0.3) is 11.6 Å². The molecule has 1 spiro atoms. The maximum atomic E-state index is 14.7. The number of piperazine rings is 1. The molecular weight excluding hydrogens is 837 g/mol. The van der Waals surface area contributed by atoms with Crippen LogP contribution in [-0.4, -0.2) is 96.1 Å². The number of ether oxygens (including phenoxy) is 3. The van der Waals surface area contributed by atoms with E-state index in [0.717, 1.165) is 100 Å². The van der Waals surface area contributed by atoms with Gasteiger partial charge >= 0.3 is 0 Å². The first-order valence-electron chi connectivity index (χ1n) is 20.8. The second-order valence-corrected chi connectivity index (χ2v) is 17.6. The van der Waals surface area contributed by atoms with E-state index in [1.54, 1.807) is 30.6 Å². The highest BCUT2D eigenvalue weighted by atomic mass is 35.5. The number of halogens is 2. The standard InChI is InChI=1S/C41H41ClFN7O5S.C4H8O2/c1-44-38-35(43)21-32(22-36(38)50(52)53)56(54)47-40(51)33-8-7-30(20-37(33)55-31-19-27-10-14-45-39(27)46-24-31)49-17-15-48(16-18-49)25-28-9-13-41(11-2-12-41)23-34(28)26-3-5-29(42)6-4-26;1-2-6-4-3-5-1/h3-8,10,14,19-22,24,44H,2,9,11-13,15-18,23,25H2,1H3,(H,45,46)(H,47,51);1-4H2. The molecule has 14 nitrogen and oxygen atoms in total. The Labute approximate surface area is 366 Å². The van der Waals surface area contributed by atoms with E-state index >= 15 is 0 Å². The largest absolute Gasteiger partial charge is 0.455 e. The van der Waals surface area contributed by atoms with E-state index in [9.17, 15) is 23.5 Å². The van der Waals surface area contributed by atoms with Gasteiger partial charge in [0, 0.05) is 74.2 Å². The van der Waals surface area contributed by atoms with Crippen LogP contribution in [-0.2, 0) is 20.5 Å². The zero-order chi connectivity index (χ0) is 43.2. The first-order valence-corrected chi connectivity index (χ1v) is 22.3. The number of H-pyrrole nitrogens is 1. The van der Waals surface area contributed by atoms with Crippen LogP contribution in [0.1, 0.15) is 54.4 Å². The van der Waals surface area contributed by atoms with E-state index in [0.29, 0.717) is 16.8 Å². The SMILES string of the molecule is C1COCCO1.CNc1c(F)cc(S(=O)NC(=O)c2ccc(N3CCN(CC4=C(c5ccc(Cl)cc5)CC5(CCC5)CC4)CC3)cc2Oc2cnc3[nH]ccc3c2)cc1[N+](=O)[O-]. The van der Waals surface area contributed by atoms with Crippen molar-refractivity contribution in [3.63, 3.8) is 0 Å². The van der Waals surface area contributed by atoms with E-state index in [2.05, 4.69) is 41.9 Å². The summed E-state index contributed by atoms with van der Waals surface area (Å²) in [5.41, 5.74) is 5.37. The number of nitrogens with one attached hydrogen (secondary N) is 3. The lowest BCUT2D eigenvalue weighted by Crippen LogP contribution is -2.47. The van der Waals surface area contributed by atoms with E-state index < -0.39 is 33.3 Å². The van der Waals surface area contributed by atoms with Gasteiger partial charge in [0.1, 0.15) is 22.8 Å². The van der Waals surface area contributed by atoms with Crippen molar-refractivity contribution in [2.75, 3.05) is 76.4 Å². The molecule has 0 radical (unpaired) electrons. The van der Waals surface area contributed by atoms with E-state index in [-0.39, 0.29) is 21.9 Å². The van der Waals surface area contributed by atoms with Gasteiger partial charge in [0.05, 0.1) is 48.0 Å². The van der Waals surface area contributed by atoms with Crippen LogP contribution in [0.3, 0.4) is 0 Å². The molecule has 3 N–H and O–H groups in total. The molecular formula is C45H49ClFN7O7S. The van der Waals surface area contributed by atoms with Gasteiger partial charge in [-0.15, -0.1) is 0 Å². The molecule has 2 saturated heterocycles. The maximum Gasteiger partial charge on any atom is 0.296 e. The Kier molecular flexibility index (Phi) is 13.5. The van der Waals surface area contributed by atoms with Crippen molar-refractivity contribution in [1.82, 2.24) is 19.6 Å². The number of aromatic amines is 1. The number of anilines is 2. The van der Waals surface area contributed by atoms with Crippen LogP contribution in [0.15, 0.2) is 89.6 Å². The van der Waals surface area contributed by atoms with Crippen molar-refractivity contribution in [1.29, 1.82) is 0 Å². The Morgan fingerprint density at radius 2 is 1.76 bits per heavy atom. The van der Waals surface area contributed by atoms with Gasteiger partial charge in [0.15, 0.2) is 16.8 Å². The van der Waals surface area contributed by atoms with Gasteiger partial charge in [0.2, 0.25) is 0 Å². The topological polar surface area (TPSA) is 164 Å². The van der Waals surface area contributed by atoms with Crippen molar-refractivity contribution in [3.05, 3.63) is 117 Å². The van der Waals surface area contributed by atoms with Gasteiger partial charge in [-0.05, 0) is 91.1 Å². The van der Waals surface area contributed by atoms with Gasteiger partial charge in [-0.3, -0.25) is 24.5 Å². The molecule has 4 heterocycles. The van der Waals surface area contributed by atoms with Crippen molar-refractivity contribution in [3.8, 4) is 11.5 Å². The Morgan fingerprint density at radius 1 is 1.02 bits per heavy atom. The fourth-order valence-corrected chi connectivity index (χ4v) is 9.56. The summed E-state index contributed by atoms with van der Waals surface area (Å²) in [6.07, 6.45) is 10.7. The molecule has 62 heavy (non-hydrogen) atoms. The molecule has 3 aromatic carbocycles. The van der Waals surface area contributed by atoms with Crippen LogP contribution in [0.5, 0.6) is 11.5 Å². The summed E-state index contributed by atoms with van der Waals surface area (Å²) in [4.78, 5) is 36.4. The Balaban J connectivity index is 0.000000813. The van der Waals surface area contributed by atoms with Crippen LogP contribution in [0, 0.1) is 21.3 Å². The highest BCUT2D eigenvalue weighted by molar-refractivity contribution is 7.83. The number of hydrogen-bond donors (Lipinski definition) is 3. The summed E-state index contributed by atoms with van der Waals surface area (Å²) in [6.45, 7) is 7.25. The highest BCUT2D eigenvalue weighted by Crippen LogP contribution is 2.55.